The van der Waals surface area contributed by atoms with E-state index in [-0.39, 0.29) is 28.8 Å². The number of halogens is 4. The molecule has 1 heterocycles. The van der Waals surface area contributed by atoms with Crippen LogP contribution in [0, 0.1) is 0 Å². The quantitative estimate of drug-likeness (QED) is 0.227. The summed E-state index contributed by atoms with van der Waals surface area (Å²) in [6, 6.07) is 16.7. The van der Waals surface area contributed by atoms with Crippen LogP contribution in [0.1, 0.15) is 12.5 Å². The van der Waals surface area contributed by atoms with Gasteiger partial charge in [0.05, 0.1) is 22.5 Å². The molecule has 3 aromatic carbocycles. The number of ether oxygens (including phenoxy) is 1. The van der Waals surface area contributed by atoms with Gasteiger partial charge in [-0.1, -0.05) is 40.2 Å². The Bertz CT molecular complexity index is 1620. The molecule has 14 heteroatoms. The van der Waals surface area contributed by atoms with Crippen molar-refractivity contribution in [3.05, 3.63) is 82.8 Å². The molecule has 0 radical (unpaired) electrons. The zero-order valence-corrected chi connectivity index (χ0v) is 22.4. The van der Waals surface area contributed by atoms with Gasteiger partial charge >= 0.3 is 12.1 Å². The zero-order chi connectivity index (χ0) is 28.4. The average molecular weight is 625 g/mol. The van der Waals surface area contributed by atoms with E-state index < -0.39 is 33.3 Å². The van der Waals surface area contributed by atoms with Gasteiger partial charge in [0.1, 0.15) is 0 Å². The summed E-state index contributed by atoms with van der Waals surface area (Å²) in [4.78, 5) is 20.8. The molecule has 39 heavy (non-hydrogen) atoms. The zero-order valence-electron chi connectivity index (χ0n) is 20.0. The molecule has 0 amide bonds. The van der Waals surface area contributed by atoms with E-state index in [1.54, 1.807) is 36.4 Å². The molecule has 4 aromatic rings. The number of hydrogen-bond donors (Lipinski definition) is 3. The van der Waals surface area contributed by atoms with Crippen LogP contribution in [0.3, 0.4) is 0 Å². The van der Waals surface area contributed by atoms with Crippen molar-refractivity contribution in [1.82, 2.24) is 9.97 Å². The standard InChI is InChI=1S/C25H20BrF3N4O5S/c1-2-38-23(34)24(35,25(27,28)29)15-7-11-17(12-8-15)30-21-22(32-20-6-4-3-5-19(20)31-21)33-39(36,37)18-13-9-16(26)10-14-18/h3-14,35H,2H2,1H3,(H,30,31)(H,32,33)/t24-/m1/s1. The molecular weight excluding hydrogens is 605 g/mol. The number of anilines is 3. The lowest BCUT2D eigenvalue weighted by Crippen LogP contribution is -2.50. The number of carbonyl (C=O) groups is 1. The van der Waals surface area contributed by atoms with E-state index >= 15 is 0 Å². The fourth-order valence-electron chi connectivity index (χ4n) is 3.52. The fraction of sp³-hybridized carbons (Fsp3) is 0.160. The molecule has 0 unspecified atom stereocenters. The number of alkyl halides is 3. The number of carbonyl (C=O) groups excluding carboxylic acids is 1. The number of rotatable bonds is 8. The van der Waals surface area contributed by atoms with Gasteiger partial charge < -0.3 is 15.2 Å². The molecule has 204 valence electrons. The predicted molar refractivity (Wildman–Crippen MR) is 141 cm³/mol. The highest BCUT2D eigenvalue weighted by Gasteiger charge is 2.62. The summed E-state index contributed by atoms with van der Waals surface area (Å²) in [5.41, 5.74) is -3.68. The summed E-state index contributed by atoms with van der Waals surface area (Å²) in [6.07, 6.45) is -5.35. The number of nitrogens with one attached hydrogen (secondary N) is 2. The van der Waals surface area contributed by atoms with Crippen molar-refractivity contribution in [3.63, 3.8) is 0 Å². The molecule has 0 aliphatic rings. The maximum absolute atomic E-state index is 13.7. The largest absolute Gasteiger partial charge is 0.463 e. The first-order valence-corrected chi connectivity index (χ1v) is 13.5. The molecule has 1 atom stereocenters. The first-order valence-electron chi connectivity index (χ1n) is 11.2. The third-order valence-corrected chi connectivity index (χ3v) is 7.36. The lowest BCUT2D eigenvalue weighted by molar-refractivity contribution is -0.267. The molecule has 0 bridgehead atoms. The van der Waals surface area contributed by atoms with Crippen molar-refractivity contribution in [1.29, 1.82) is 0 Å². The molecule has 1 aromatic heterocycles. The Labute approximate surface area is 229 Å². The summed E-state index contributed by atoms with van der Waals surface area (Å²) >= 11 is 3.25. The van der Waals surface area contributed by atoms with Crippen LogP contribution in [0.15, 0.2) is 82.2 Å². The molecule has 4 rings (SSSR count). The van der Waals surface area contributed by atoms with Crippen molar-refractivity contribution in [2.24, 2.45) is 0 Å². The van der Waals surface area contributed by atoms with Crippen LogP contribution in [0.4, 0.5) is 30.5 Å². The van der Waals surface area contributed by atoms with E-state index in [4.69, 9.17) is 0 Å². The lowest BCUT2D eigenvalue weighted by Gasteiger charge is -2.28. The summed E-state index contributed by atoms with van der Waals surface area (Å²) in [6.45, 7) is 0.950. The minimum absolute atomic E-state index is 0.0404. The molecule has 0 saturated carbocycles. The lowest BCUT2D eigenvalue weighted by atomic mass is 9.93. The normalized spacial score (nSPS) is 13.5. The number of aromatic nitrogens is 2. The summed E-state index contributed by atoms with van der Waals surface area (Å²) in [5.74, 6) is -2.07. The van der Waals surface area contributed by atoms with Gasteiger partial charge in [0.2, 0.25) is 0 Å². The monoisotopic (exact) mass is 624 g/mol. The predicted octanol–water partition coefficient (Wildman–Crippen LogP) is 5.25. The van der Waals surface area contributed by atoms with Gasteiger partial charge in [-0.2, -0.15) is 13.2 Å². The molecule has 0 fully saturated rings. The van der Waals surface area contributed by atoms with Gasteiger partial charge in [-0.3, -0.25) is 4.72 Å². The van der Waals surface area contributed by atoms with E-state index in [2.05, 4.69) is 40.7 Å². The van der Waals surface area contributed by atoms with Crippen LogP contribution >= 0.6 is 15.9 Å². The molecule has 3 N–H and O–H groups in total. The summed E-state index contributed by atoms with van der Waals surface area (Å²) in [5, 5.41) is 13.1. The van der Waals surface area contributed by atoms with Crippen LogP contribution < -0.4 is 10.0 Å². The first kappa shape index (κ1) is 28.3. The number of nitrogens with zero attached hydrogens (tertiary/aromatic N) is 2. The van der Waals surface area contributed by atoms with E-state index in [1.807, 2.05) is 0 Å². The second kappa shape index (κ2) is 10.8. The van der Waals surface area contributed by atoms with Crippen LogP contribution in [0.2, 0.25) is 0 Å². The summed E-state index contributed by atoms with van der Waals surface area (Å²) in [7, 11) is -4.09. The van der Waals surface area contributed by atoms with Gasteiger partial charge in [0.15, 0.2) is 11.6 Å². The highest BCUT2D eigenvalue weighted by molar-refractivity contribution is 9.10. The number of aliphatic hydroxyl groups is 1. The first-order chi connectivity index (χ1) is 18.3. The Kier molecular flexibility index (Phi) is 7.82. The van der Waals surface area contributed by atoms with Crippen LogP contribution in [0.5, 0.6) is 0 Å². The Morgan fingerprint density at radius 2 is 1.51 bits per heavy atom. The highest BCUT2D eigenvalue weighted by atomic mass is 79.9. The molecule has 0 saturated heterocycles. The van der Waals surface area contributed by atoms with Crippen molar-refractivity contribution in [2.75, 3.05) is 16.6 Å². The summed E-state index contributed by atoms with van der Waals surface area (Å²) < 4.78 is 74.6. The van der Waals surface area contributed by atoms with Crippen LogP contribution in [-0.2, 0) is 25.2 Å². The topological polar surface area (TPSA) is 131 Å². The van der Waals surface area contributed by atoms with Crippen molar-refractivity contribution in [2.45, 2.75) is 23.6 Å². The van der Waals surface area contributed by atoms with E-state index in [0.29, 0.717) is 15.5 Å². The number of para-hydroxylation sites is 2. The van der Waals surface area contributed by atoms with Gasteiger partial charge in [0, 0.05) is 15.7 Å². The van der Waals surface area contributed by atoms with Crippen LogP contribution in [0.25, 0.3) is 11.0 Å². The van der Waals surface area contributed by atoms with Crippen molar-refractivity contribution >= 4 is 60.3 Å². The Morgan fingerprint density at radius 3 is 2.05 bits per heavy atom. The average Bonchev–Trinajstić information content (AvgIpc) is 2.88. The minimum Gasteiger partial charge on any atom is -0.463 e. The SMILES string of the molecule is CCOC(=O)[C@](O)(c1ccc(Nc2nc3ccccc3nc2NS(=O)(=O)c2ccc(Br)cc2)cc1)C(F)(F)F. The third kappa shape index (κ3) is 5.82. The number of hydrogen-bond acceptors (Lipinski definition) is 8. The van der Waals surface area contributed by atoms with Gasteiger partial charge in [-0.25, -0.2) is 23.2 Å². The van der Waals surface area contributed by atoms with Crippen molar-refractivity contribution < 1.29 is 36.2 Å². The molecule has 0 aliphatic carbocycles. The molecule has 9 nitrogen and oxygen atoms in total. The number of sulfonamides is 1. The van der Waals surface area contributed by atoms with Gasteiger partial charge in [-0.15, -0.1) is 0 Å². The minimum atomic E-state index is -5.35. The van der Waals surface area contributed by atoms with E-state index in [0.717, 1.165) is 24.3 Å². The highest BCUT2D eigenvalue weighted by Crippen LogP contribution is 2.40. The molecule has 0 spiro atoms. The fourth-order valence-corrected chi connectivity index (χ4v) is 4.80. The molecular formula is C25H20BrF3N4O5S. The van der Waals surface area contributed by atoms with E-state index in [9.17, 15) is 31.5 Å². The Balaban J connectivity index is 1.71. The van der Waals surface area contributed by atoms with Gasteiger partial charge in [0.25, 0.3) is 15.6 Å². The molecule has 0 aliphatic heterocycles. The Morgan fingerprint density at radius 1 is 0.949 bits per heavy atom. The van der Waals surface area contributed by atoms with E-state index in [1.165, 1.54) is 19.1 Å². The van der Waals surface area contributed by atoms with Crippen molar-refractivity contribution in [3.8, 4) is 0 Å². The smallest absolute Gasteiger partial charge is 0.432 e. The maximum Gasteiger partial charge on any atom is 0.432 e. The number of fused-ring (bicyclic) bond motifs is 1. The Hall–Kier alpha value is -3.75. The number of esters is 1. The van der Waals surface area contributed by atoms with Crippen LogP contribution in [-0.4, -0.2) is 42.2 Å². The maximum atomic E-state index is 13.7. The number of benzene rings is 3. The van der Waals surface area contributed by atoms with Gasteiger partial charge in [-0.05, 0) is 55.5 Å². The second-order valence-electron chi connectivity index (χ2n) is 8.10. The second-order valence-corrected chi connectivity index (χ2v) is 10.7. The third-order valence-electron chi connectivity index (χ3n) is 5.47.